The SMILES string of the molecule is COc1ccc(C(C)Nc2cccc([N+](=O)[O-])c2)cc1Br. The molecular weight excluding hydrogens is 336 g/mol. The van der Waals surface area contributed by atoms with Crippen molar-refractivity contribution in [1.29, 1.82) is 0 Å². The van der Waals surface area contributed by atoms with Crippen LogP contribution in [0.25, 0.3) is 0 Å². The van der Waals surface area contributed by atoms with Crippen LogP contribution in [-0.2, 0) is 0 Å². The number of anilines is 1. The Morgan fingerprint density at radius 1 is 1.29 bits per heavy atom. The largest absolute Gasteiger partial charge is 0.496 e. The van der Waals surface area contributed by atoms with Crippen molar-refractivity contribution >= 4 is 27.3 Å². The van der Waals surface area contributed by atoms with Gasteiger partial charge in [0.05, 0.1) is 16.5 Å². The predicted molar refractivity (Wildman–Crippen MR) is 85.8 cm³/mol. The number of ether oxygens (including phenoxy) is 1. The molecule has 0 bridgehead atoms. The number of methoxy groups -OCH3 is 1. The molecular formula is C15H15BrN2O3. The van der Waals surface area contributed by atoms with E-state index < -0.39 is 4.92 Å². The van der Waals surface area contributed by atoms with Crippen molar-refractivity contribution in [2.75, 3.05) is 12.4 Å². The second-order valence-electron chi connectivity index (χ2n) is 4.57. The molecule has 0 aliphatic carbocycles. The highest BCUT2D eigenvalue weighted by atomic mass is 79.9. The Balaban J connectivity index is 2.17. The maximum Gasteiger partial charge on any atom is 0.271 e. The van der Waals surface area contributed by atoms with E-state index in [9.17, 15) is 10.1 Å². The smallest absolute Gasteiger partial charge is 0.271 e. The van der Waals surface area contributed by atoms with Gasteiger partial charge in [-0.3, -0.25) is 10.1 Å². The van der Waals surface area contributed by atoms with Gasteiger partial charge >= 0.3 is 0 Å². The molecule has 0 saturated heterocycles. The first kappa shape index (κ1) is 15.3. The standard InChI is InChI=1S/C15H15BrN2O3/c1-10(11-6-7-15(21-2)14(16)8-11)17-12-4-3-5-13(9-12)18(19)20/h3-10,17H,1-2H3. The summed E-state index contributed by atoms with van der Waals surface area (Å²) in [5.74, 6) is 0.765. The summed E-state index contributed by atoms with van der Waals surface area (Å²) in [6, 6.07) is 12.3. The van der Waals surface area contributed by atoms with Crippen LogP contribution in [0.15, 0.2) is 46.9 Å². The molecule has 0 aliphatic rings. The number of hydrogen-bond donors (Lipinski definition) is 1. The molecule has 0 aromatic heterocycles. The van der Waals surface area contributed by atoms with E-state index in [1.807, 2.05) is 31.2 Å². The molecule has 0 amide bonds. The maximum absolute atomic E-state index is 10.8. The second-order valence-corrected chi connectivity index (χ2v) is 5.42. The lowest BCUT2D eigenvalue weighted by Gasteiger charge is -2.16. The van der Waals surface area contributed by atoms with Crippen molar-refractivity contribution in [3.05, 3.63) is 62.6 Å². The quantitative estimate of drug-likeness (QED) is 0.635. The summed E-state index contributed by atoms with van der Waals surface area (Å²) in [6.45, 7) is 1.99. The molecule has 0 aliphatic heterocycles. The van der Waals surface area contributed by atoms with Crippen LogP contribution in [0.4, 0.5) is 11.4 Å². The number of nitrogens with one attached hydrogen (secondary N) is 1. The number of benzene rings is 2. The third-order valence-corrected chi connectivity index (χ3v) is 3.74. The van der Waals surface area contributed by atoms with Crippen molar-refractivity contribution < 1.29 is 9.66 Å². The fourth-order valence-electron chi connectivity index (χ4n) is 1.99. The van der Waals surface area contributed by atoms with E-state index in [-0.39, 0.29) is 11.7 Å². The third-order valence-electron chi connectivity index (χ3n) is 3.12. The van der Waals surface area contributed by atoms with Crippen LogP contribution >= 0.6 is 15.9 Å². The number of halogens is 1. The summed E-state index contributed by atoms with van der Waals surface area (Å²) in [5, 5.41) is 14.0. The maximum atomic E-state index is 10.8. The molecule has 5 nitrogen and oxygen atoms in total. The van der Waals surface area contributed by atoms with Crippen molar-refractivity contribution in [3.63, 3.8) is 0 Å². The van der Waals surface area contributed by atoms with Crippen LogP contribution < -0.4 is 10.1 Å². The number of hydrogen-bond acceptors (Lipinski definition) is 4. The minimum Gasteiger partial charge on any atom is -0.496 e. The van der Waals surface area contributed by atoms with Gasteiger partial charge in [0.2, 0.25) is 0 Å². The monoisotopic (exact) mass is 350 g/mol. The molecule has 2 rings (SSSR count). The van der Waals surface area contributed by atoms with E-state index in [0.29, 0.717) is 5.69 Å². The lowest BCUT2D eigenvalue weighted by molar-refractivity contribution is -0.384. The van der Waals surface area contributed by atoms with Gasteiger partial charge in [0.15, 0.2) is 0 Å². The topological polar surface area (TPSA) is 64.4 Å². The molecule has 0 heterocycles. The molecule has 1 unspecified atom stereocenters. The number of rotatable bonds is 5. The zero-order chi connectivity index (χ0) is 15.4. The predicted octanol–water partition coefficient (Wildman–Crippen LogP) is 4.54. The van der Waals surface area contributed by atoms with Gasteiger partial charge in [-0.1, -0.05) is 12.1 Å². The highest BCUT2D eigenvalue weighted by Crippen LogP contribution is 2.29. The molecule has 0 spiro atoms. The van der Waals surface area contributed by atoms with E-state index >= 15 is 0 Å². The van der Waals surface area contributed by atoms with Crippen molar-refractivity contribution in [2.24, 2.45) is 0 Å². The van der Waals surface area contributed by atoms with Gasteiger partial charge in [0.25, 0.3) is 5.69 Å². The summed E-state index contributed by atoms with van der Waals surface area (Å²) in [6.07, 6.45) is 0. The van der Waals surface area contributed by atoms with Gasteiger partial charge in [0.1, 0.15) is 5.75 Å². The Morgan fingerprint density at radius 3 is 2.67 bits per heavy atom. The van der Waals surface area contributed by atoms with Gasteiger partial charge in [-0.05, 0) is 46.6 Å². The molecule has 2 aromatic carbocycles. The first-order valence-electron chi connectivity index (χ1n) is 6.35. The van der Waals surface area contributed by atoms with Crippen LogP contribution in [0.5, 0.6) is 5.75 Å². The number of nitro benzene ring substituents is 1. The molecule has 0 fully saturated rings. The van der Waals surface area contributed by atoms with E-state index in [4.69, 9.17) is 4.74 Å². The average molecular weight is 351 g/mol. The first-order valence-corrected chi connectivity index (χ1v) is 7.15. The summed E-state index contributed by atoms with van der Waals surface area (Å²) < 4.78 is 6.07. The van der Waals surface area contributed by atoms with Crippen molar-refractivity contribution in [2.45, 2.75) is 13.0 Å². The zero-order valence-electron chi connectivity index (χ0n) is 11.7. The Morgan fingerprint density at radius 2 is 2.05 bits per heavy atom. The van der Waals surface area contributed by atoms with Crippen LogP contribution in [0.3, 0.4) is 0 Å². The molecule has 1 atom stereocenters. The molecule has 2 aromatic rings. The normalized spacial score (nSPS) is 11.8. The molecule has 110 valence electrons. The highest BCUT2D eigenvalue weighted by Gasteiger charge is 2.11. The van der Waals surface area contributed by atoms with Crippen LogP contribution in [0.1, 0.15) is 18.5 Å². The van der Waals surface area contributed by atoms with E-state index in [1.165, 1.54) is 12.1 Å². The van der Waals surface area contributed by atoms with Gasteiger partial charge in [-0.25, -0.2) is 0 Å². The Labute approximate surface area is 131 Å². The summed E-state index contributed by atoms with van der Waals surface area (Å²) >= 11 is 3.45. The number of nitrogens with zero attached hydrogens (tertiary/aromatic N) is 1. The van der Waals surface area contributed by atoms with Crippen LogP contribution in [-0.4, -0.2) is 12.0 Å². The number of nitro groups is 1. The molecule has 1 N–H and O–H groups in total. The van der Waals surface area contributed by atoms with Gasteiger partial charge < -0.3 is 10.1 Å². The fourth-order valence-corrected chi connectivity index (χ4v) is 2.55. The minimum atomic E-state index is -0.403. The van der Waals surface area contributed by atoms with Gasteiger partial charge in [0, 0.05) is 23.9 Å². The first-order chi connectivity index (χ1) is 10.0. The average Bonchev–Trinajstić information content (AvgIpc) is 2.47. The highest BCUT2D eigenvalue weighted by molar-refractivity contribution is 9.10. The van der Waals surface area contributed by atoms with Crippen LogP contribution in [0, 0.1) is 10.1 Å². The zero-order valence-corrected chi connectivity index (χ0v) is 13.3. The minimum absolute atomic E-state index is 0.00853. The van der Waals surface area contributed by atoms with E-state index in [0.717, 1.165) is 15.8 Å². The Bertz CT molecular complexity index is 661. The van der Waals surface area contributed by atoms with E-state index in [1.54, 1.807) is 13.2 Å². The summed E-state index contributed by atoms with van der Waals surface area (Å²) in [4.78, 5) is 10.4. The Hall–Kier alpha value is -2.08. The van der Waals surface area contributed by atoms with Crippen LogP contribution in [0.2, 0.25) is 0 Å². The molecule has 0 radical (unpaired) electrons. The lowest BCUT2D eigenvalue weighted by Crippen LogP contribution is -2.07. The molecule has 0 saturated carbocycles. The number of non-ortho nitro benzene ring substituents is 1. The van der Waals surface area contributed by atoms with Gasteiger partial charge in [-0.2, -0.15) is 0 Å². The molecule has 6 heteroatoms. The summed E-state index contributed by atoms with van der Waals surface area (Å²) in [5.41, 5.74) is 1.83. The second kappa shape index (κ2) is 6.58. The summed E-state index contributed by atoms with van der Waals surface area (Å²) in [7, 11) is 1.62. The third kappa shape index (κ3) is 3.72. The lowest BCUT2D eigenvalue weighted by atomic mass is 10.1. The molecule has 21 heavy (non-hydrogen) atoms. The van der Waals surface area contributed by atoms with Crippen molar-refractivity contribution in [3.8, 4) is 5.75 Å². The van der Waals surface area contributed by atoms with Crippen molar-refractivity contribution in [1.82, 2.24) is 0 Å². The fraction of sp³-hybridized carbons (Fsp3) is 0.200. The Kier molecular flexibility index (Phi) is 4.80. The van der Waals surface area contributed by atoms with E-state index in [2.05, 4.69) is 21.2 Å². The van der Waals surface area contributed by atoms with Gasteiger partial charge in [-0.15, -0.1) is 0 Å².